The van der Waals surface area contributed by atoms with Crippen LogP contribution in [0.4, 0.5) is 96.4 Å². The third-order valence-electron chi connectivity index (χ3n) is 18.4. The van der Waals surface area contributed by atoms with Crippen molar-refractivity contribution in [2.45, 2.75) is 248 Å². The molecule has 708 valence electrons. The van der Waals surface area contributed by atoms with Gasteiger partial charge in [-0.05, 0) is 196 Å². The Kier molecular flexibility index (Phi) is 72.6. The van der Waals surface area contributed by atoms with E-state index in [0.29, 0.717) is 52.3 Å². The molecule has 0 amide bonds. The second kappa shape index (κ2) is 78.0. The average molecular weight is 1900 g/mol. The number of unbranched alkanes of at least 4 members (excludes halogenated alkanes) is 21. The van der Waals surface area contributed by atoms with Crippen LogP contribution in [-0.2, 0) is 6.18 Å². The maximum atomic E-state index is 13.5. The van der Waals surface area contributed by atoms with Crippen LogP contribution in [0.5, 0.6) is 0 Å². The van der Waals surface area contributed by atoms with Crippen LogP contribution < -0.4 is 37.2 Å². The molecule has 32 heteroatoms. The molecule has 7 aromatic rings. The highest BCUT2D eigenvalue weighted by Gasteiger charge is 2.34. The van der Waals surface area contributed by atoms with E-state index in [2.05, 4.69) is 117 Å². The van der Waals surface area contributed by atoms with Gasteiger partial charge in [0.2, 0.25) is 0 Å². The maximum absolute atomic E-state index is 13.5. The lowest BCUT2D eigenvalue weighted by molar-refractivity contribution is -0.385. The summed E-state index contributed by atoms with van der Waals surface area (Å²) in [5.74, 6) is 9.24. The lowest BCUT2D eigenvalue weighted by atomic mass is 10.1. The highest BCUT2D eigenvalue weighted by atomic mass is 32.2. The molecular weight excluding hydrogens is 1760 g/mol. The molecule has 0 unspecified atom stereocenters. The van der Waals surface area contributed by atoms with Gasteiger partial charge in [0.1, 0.15) is 40.5 Å². The number of halogens is 9. The number of nitro groups is 3. The van der Waals surface area contributed by atoms with E-state index in [1.165, 1.54) is 225 Å². The summed E-state index contributed by atoms with van der Waals surface area (Å²) < 4.78 is 116. The number of nitro benzene ring substituents is 3. The Morgan fingerprint density at radius 1 is 0.278 bits per heavy atom. The SMILES string of the molecule is CCCCCCSCNc1ccc(C)cc1.CCCCCCSCNc1ccc(C)cc1[N+](=O)[O-].CCCCCCSCNc1ccc(F)cc1.CCCCCCSCNc1ccc(F)cc1C(F)(F)F.CCCCCCSCNc1ccc(F)cc1F.CCCCCCSCNc1ccc(F)cc1[N+](=O)[O-].CCCCCCSCNc1ccc([N+](=O)[O-])cc1F. The van der Waals surface area contributed by atoms with Gasteiger partial charge in [-0.3, -0.25) is 30.3 Å². The molecule has 0 saturated carbocycles. The van der Waals surface area contributed by atoms with Gasteiger partial charge >= 0.3 is 6.18 Å². The van der Waals surface area contributed by atoms with E-state index < -0.39 is 50.7 Å². The molecule has 0 heterocycles. The van der Waals surface area contributed by atoms with Gasteiger partial charge in [0, 0.05) is 35.3 Å². The molecule has 0 radical (unpaired) electrons. The van der Waals surface area contributed by atoms with Crippen molar-refractivity contribution in [1.82, 2.24) is 0 Å². The Morgan fingerprint density at radius 3 is 0.881 bits per heavy atom. The zero-order valence-corrected chi connectivity index (χ0v) is 81.2. The monoisotopic (exact) mass is 1900 g/mol. The molecule has 7 N–H and O–H groups in total. The highest BCUT2D eigenvalue weighted by molar-refractivity contribution is 8.00. The fourth-order valence-electron chi connectivity index (χ4n) is 11.1. The van der Waals surface area contributed by atoms with Crippen LogP contribution in [0.2, 0.25) is 0 Å². The van der Waals surface area contributed by atoms with Gasteiger partial charge in [0.15, 0.2) is 5.82 Å². The smallest absolute Gasteiger partial charge is 0.376 e. The Morgan fingerprint density at radius 2 is 0.548 bits per heavy atom. The van der Waals surface area contributed by atoms with Crippen molar-refractivity contribution in [3.8, 4) is 0 Å². The summed E-state index contributed by atoms with van der Waals surface area (Å²) in [6, 6.07) is 33.9. The van der Waals surface area contributed by atoms with Crippen molar-refractivity contribution in [3.63, 3.8) is 0 Å². The first-order valence-electron chi connectivity index (χ1n) is 44.3. The van der Waals surface area contributed by atoms with E-state index in [9.17, 15) is 69.9 Å². The van der Waals surface area contributed by atoms with Crippen molar-refractivity contribution < 1.29 is 54.3 Å². The summed E-state index contributed by atoms with van der Waals surface area (Å²) in [6.45, 7) is 19.3. The maximum Gasteiger partial charge on any atom is 0.418 e. The molecule has 0 atom stereocenters. The van der Waals surface area contributed by atoms with Gasteiger partial charge in [-0.25, -0.2) is 26.3 Å². The van der Waals surface area contributed by atoms with Crippen LogP contribution in [0.1, 0.15) is 245 Å². The zero-order valence-electron chi connectivity index (χ0n) is 75.5. The Labute approximate surface area is 776 Å². The van der Waals surface area contributed by atoms with Crippen LogP contribution in [-0.4, -0.2) is 96.2 Å². The molecule has 0 bridgehead atoms. The molecule has 0 spiro atoms. The van der Waals surface area contributed by atoms with E-state index >= 15 is 0 Å². The van der Waals surface area contributed by atoms with Crippen LogP contribution in [0.15, 0.2) is 140 Å². The highest BCUT2D eigenvalue weighted by Crippen LogP contribution is 2.36. The van der Waals surface area contributed by atoms with E-state index in [4.69, 9.17) is 0 Å². The standard InChI is InChI=1S/C14H19F4NS.C14H22N2O2S.C14H23NS.C13H19F2NS.2C13H19FN2O2S.C13H20FNS/c1-2-3-4-5-8-20-10-19-13-7-6-11(15)9-12(13)14(16,17)18;1-3-4-5-6-9-19-11-15-13-8-7-12(2)10-14(13)16(17)18;1-3-4-5-6-11-16-12-15-14-9-7-13(2)8-10-14;1-2-3-4-5-8-17-10-16-13-7-6-11(14)9-12(13)15;1-2-3-4-5-8-19-10-15-13-7-6-11(16(17)18)9-12(13)14;1-2-3-4-5-8-19-10-15-12-7-6-11(14)9-13(12)16(17)18;1-2-3-4-5-10-16-11-15-13-8-6-12(14)7-9-13/h6-7,9,19H,2-5,8,10H2,1H3;7-8,10,15H,3-6,9,11H2,1-2H3;7-10,15H,3-6,11-12H2,1-2H3;6-7,9,16H,2-5,8,10H2,1H3;2*6-7,9,15H,2-5,8,10H2,1H3;6-9,15H,2-5,10-11H2,1H3. The Hall–Kier alpha value is -6.84. The quantitative estimate of drug-likeness (QED) is 0.00621. The molecule has 0 aromatic heterocycles. The van der Waals surface area contributed by atoms with Crippen molar-refractivity contribution >= 4 is 139 Å². The summed E-state index contributed by atoms with van der Waals surface area (Å²) in [4.78, 5) is 30.7. The summed E-state index contributed by atoms with van der Waals surface area (Å²) in [5.41, 5.74) is 4.79. The molecule has 0 aliphatic heterocycles. The number of alkyl halides is 3. The molecule has 0 fully saturated rings. The largest absolute Gasteiger partial charge is 0.418 e. The van der Waals surface area contributed by atoms with Crippen molar-refractivity contribution in [2.24, 2.45) is 0 Å². The first kappa shape index (κ1) is 117. The fraction of sp³-hybridized carbons (Fsp3) is 0.553. The van der Waals surface area contributed by atoms with Crippen LogP contribution in [0, 0.1) is 79.1 Å². The Balaban J connectivity index is 0.000000736. The number of nitrogens with zero attached hydrogens (tertiary/aromatic N) is 3. The minimum Gasteiger partial charge on any atom is -0.376 e. The minimum absolute atomic E-state index is 0.0695. The lowest BCUT2D eigenvalue weighted by Gasteiger charge is -2.14. The molecule has 0 saturated heterocycles. The normalized spacial score (nSPS) is 10.6. The van der Waals surface area contributed by atoms with Gasteiger partial charge in [-0.15, -0.1) is 82.3 Å². The number of non-ortho nitro benzene ring substituents is 1. The third kappa shape index (κ3) is 62.4. The number of hydrogen-bond acceptors (Lipinski definition) is 20. The summed E-state index contributed by atoms with van der Waals surface area (Å²) in [5, 5.41) is 53.6. The molecule has 126 heavy (non-hydrogen) atoms. The third-order valence-corrected chi connectivity index (χ3v) is 24.8. The number of rotatable bonds is 59. The molecule has 7 aromatic carbocycles. The number of hydrogen-bond donors (Lipinski definition) is 7. The molecule has 0 aliphatic rings. The van der Waals surface area contributed by atoms with Gasteiger partial charge in [0.25, 0.3) is 17.1 Å². The summed E-state index contributed by atoms with van der Waals surface area (Å²) in [7, 11) is 0. The zero-order chi connectivity index (χ0) is 93.1. The van der Waals surface area contributed by atoms with Crippen molar-refractivity contribution in [3.05, 3.63) is 221 Å². The number of benzene rings is 7. The van der Waals surface area contributed by atoms with Crippen LogP contribution in [0.25, 0.3) is 0 Å². The molecular formula is C94H141F9N10O6S7. The van der Waals surface area contributed by atoms with E-state index in [1.807, 2.05) is 36.5 Å². The van der Waals surface area contributed by atoms with Crippen LogP contribution >= 0.6 is 82.3 Å². The molecule has 0 aliphatic carbocycles. The van der Waals surface area contributed by atoms with E-state index in [0.717, 1.165) is 114 Å². The van der Waals surface area contributed by atoms with E-state index in [-0.39, 0.29) is 33.5 Å². The van der Waals surface area contributed by atoms with E-state index in [1.54, 1.807) is 83.1 Å². The fourth-order valence-corrected chi connectivity index (χ4v) is 16.8. The van der Waals surface area contributed by atoms with Crippen molar-refractivity contribution in [1.29, 1.82) is 0 Å². The number of thioether (sulfide) groups is 7. The predicted molar refractivity (Wildman–Crippen MR) is 535 cm³/mol. The predicted octanol–water partition coefficient (Wildman–Crippen LogP) is 32.8. The summed E-state index contributed by atoms with van der Waals surface area (Å²) in [6.07, 6.45) is 30.4. The van der Waals surface area contributed by atoms with Gasteiger partial charge < -0.3 is 37.2 Å². The molecule has 7 rings (SSSR count). The number of nitrogens with one attached hydrogen (secondary N) is 7. The number of aryl methyl sites for hydroxylation is 2. The van der Waals surface area contributed by atoms with Crippen molar-refractivity contribution in [2.75, 3.05) is 119 Å². The Bertz CT molecular complexity index is 3780. The minimum atomic E-state index is -4.55. The molecule has 16 nitrogen and oxygen atoms in total. The van der Waals surface area contributed by atoms with Gasteiger partial charge in [-0.2, -0.15) is 13.2 Å². The van der Waals surface area contributed by atoms with Crippen LogP contribution in [0.3, 0.4) is 0 Å². The summed E-state index contributed by atoms with van der Waals surface area (Å²) >= 11 is 12.4. The van der Waals surface area contributed by atoms with Gasteiger partial charge in [0.05, 0.1) is 85.0 Å². The lowest BCUT2D eigenvalue weighted by Crippen LogP contribution is -2.11. The number of anilines is 7. The topological polar surface area (TPSA) is 214 Å². The first-order valence-corrected chi connectivity index (χ1v) is 52.3. The second-order valence-electron chi connectivity index (χ2n) is 29.3. The second-order valence-corrected chi connectivity index (χ2v) is 37.1. The average Bonchev–Trinajstić information content (AvgIpc) is 0.810. The van der Waals surface area contributed by atoms with Gasteiger partial charge in [-0.1, -0.05) is 207 Å². The first-order chi connectivity index (χ1) is 60.8.